The Hall–Kier alpha value is -0.710. The molecule has 15 heavy (non-hydrogen) atoms. The summed E-state index contributed by atoms with van der Waals surface area (Å²) in [6.07, 6.45) is 5.67. The molecule has 2 rings (SSSR count). The van der Waals surface area contributed by atoms with Crippen molar-refractivity contribution >= 4 is 11.6 Å². The smallest absolute Gasteiger partial charge is 0.151 e. The van der Waals surface area contributed by atoms with E-state index in [0.717, 1.165) is 18.8 Å². The molecule has 0 saturated carbocycles. The van der Waals surface area contributed by atoms with Crippen molar-refractivity contribution in [2.75, 3.05) is 13.1 Å². The van der Waals surface area contributed by atoms with Crippen LogP contribution >= 0.6 is 11.6 Å². The lowest BCUT2D eigenvalue weighted by Crippen LogP contribution is -2.35. The second kappa shape index (κ2) is 4.88. The second-order valence-electron chi connectivity index (χ2n) is 3.80. The molecule has 0 unspecified atom stereocenters. The quantitative estimate of drug-likeness (QED) is 0.837. The molecule has 1 aromatic rings. The number of halogens is 1. The summed E-state index contributed by atoms with van der Waals surface area (Å²) in [7, 11) is 0. The molecule has 1 saturated heterocycles. The van der Waals surface area contributed by atoms with Crippen LogP contribution in [-0.4, -0.2) is 34.0 Å². The van der Waals surface area contributed by atoms with E-state index in [0.29, 0.717) is 17.7 Å². The maximum atomic E-state index is 5.96. The molecule has 1 aliphatic rings. The normalized spacial score (nSPS) is 22.1. The van der Waals surface area contributed by atoms with Gasteiger partial charge in [0.25, 0.3) is 0 Å². The van der Waals surface area contributed by atoms with Crippen LogP contribution in [0, 0.1) is 0 Å². The Morgan fingerprint density at radius 2 is 2.27 bits per heavy atom. The van der Waals surface area contributed by atoms with Crippen molar-refractivity contribution in [3.63, 3.8) is 0 Å². The molecule has 2 N–H and O–H groups in total. The zero-order valence-electron chi connectivity index (χ0n) is 8.56. The minimum atomic E-state index is 0.475. The first-order valence-corrected chi connectivity index (χ1v) is 5.58. The number of hydrogen-bond acceptors (Lipinski definition) is 4. The highest BCUT2D eigenvalue weighted by atomic mass is 35.5. The predicted molar refractivity (Wildman–Crippen MR) is 59.5 cm³/mol. The third kappa shape index (κ3) is 2.45. The highest BCUT2D eigenvalue weighted by Gasteiger charge is 2.24. The summed E-state index contributed by atoms with van der Waals surface area (Å²) in [5.74, 6) is 0. The molecule has 0 bridgehead atoms. The molecule has 0 aromatic carbocycles. The third-order valence-corrected chi connectivity index (χ3v) is 3.16. The van der Waals surface area contributed by atoms with Crippen LogP contribution in [0.3, 0.4) is 0 Å². The molecule has 4 nitrogen and oxygen atoms in total. The molecule has 0 spiro atoms. The molecule has 0 aliphatic carbocycles. The van der Waals surface area contributed by atoms with Crippen LogP contribution in [0.1, 0.15) is 18.5 Å². The van der Waals surface area contributed by atoms with Crippen molar-refractivity contribution in [2.24, 2.45) is 5.73 Å². The number of nitrogens with zero attached hydrogens (tertiary/aromatic N) is 3. The standard InChI is InChI=1S/C10H15ClN4/c11-10-9(13-3-4-14-10)7-15-5-1-2-8(15)6-12/h3-4,8H,1-2,5-7,12H2/t8-/m0/s1. The van der Waals surface area contributed by atoms with Crippen LogP contribution in [0.25, 0.3) is 0 Å². The average Bonchev–Trinajstić information content (AvgIpc) is 2.69. The number of rotatable bonds is 3. The number of aromatic nitrogens is 2. The van der Waals surface area contributed by atoms with Gasteiger partial charge in [-0.05, 0) is 19.4 Å². The van der Waals surface area contributed by atoms with Crippen molar-refractivity contribution in [1.29, 1.82) is 0 Å². The van der Waals surface area contributed by atoms with Gasteiger partial charge < -0.3 is 5.73 Å². The Morgan fingerprint density at radius 1 is 1.47 bits per heavy atom. The SMILES string of the molecule is NC[C@@H]1CCCN1Cc1nccnc1Cl. The molecular formula is C10H15ClN4. The Balaban J connectivity index is 2.05. The summed E-state index contributed by atoms with van der Waals surface area (Å²) < 4.78 is 0. The van der Waals surface area contributed by atoms with Gasteiger partial charge in [0.1, 0.15) is 0 Å². The van der Waals surface area contributed by atoms with E-state index in [2.05, 4.69) is 14.9 Å². The minimum absolute atomic E-state index is 0.475. The molecule has 2 heterocycles. The van der Waals surface area contributed by atoms with Gasteiger partial charge in [-0.25, -0.2) is 4.98 Å². The highest BCUT2D eigenvalue weighted by molar-refractivity contribution is 6.29. The van der Waals surface area contributed by atoms with Gasteiger partial charge in [0.05, 0.1) is 5.69 Å². The summed E-state index contributed by atoms with van der Waals surface area (Å²) in [4.78, 5) is 10.6. The first-order valence-electron chi connectivity index (χ1n) is 5.20. The number of hydrogen-bond donors (Lipinski definition) is 1. The van der Waals surface area contributed by atoms with Gasteiger partial charge >= 0.3 is 0 Å². The lowest BCUT2D eigenvalue weighted by atomic mass is 10.2. The number of nitrogens with two attached hydrogens (primary N) is 1. The maximum absolute atomic E-state index is 5.96. The van der Waals surface area contributed by atoms with Gasteiger partial charge in [-0.15, -0.1) is 0 Å². The molecule has 0 radical (unpaired) electrons. The van der Waals surface area contributed by atoms with E-state index in [1.165, 1.54) is 12.8 Å². The fourth-order valence-corrected chi connectivity index (χ4v) is 2.18. The zero-order chi connectivity index (χ0) is 10.7. The van der Waals surface area contributed by atoms with Crippen LogP contribution in [0.2, 0.25) is 5.15 Å². The highest BCUT2D eigenvalue weighted by Crippen LogP contribution is 2.20. The van der Waals surface area contributed by atoms with Crippen LogP contribution in [0.15, 0.2) is 12.4 Å². The van der Waals surface area contributed by atoms with E-state index in [-0.39, 0.29) is 0 Å². The van der Waals surface area contributed by atoms with Crippen LogP contribution in [0.4, 0.5) is 0 Å². The summed E-state index contributed by atoms with van der Waals surface area (Å²) in [6.45, 7) is 2.54. The Labute approximate surface area is 94.5 Å². The maximum Gasteiger partial charge on any atom is 0.151 e. The van der Waals surface area contributed by atoms with E-state index < -0.39 is 0 Å². The van der Waals surface area contributed by atoms with Crippen LogP contribution in [0.5, 0.6) is 0 Å². The third-order valence-electron chi connectivity index (χ3n) is 2.85. The average molecular weight is 227 g/mol. The van der Waals surface area contributed by atoms with E-state index in [9.17, 15) is 0 Å². The topological polar surface area (TPSA) is 55.0 Å². The first kappa shape index (κ1) is 10.8. The van der Waals surface area contributed by atoms with Crippen molar-refractivity contribution < 1.29 is 0 Å². The summed E-state index contributed by atoms with van der Waals surface area (Å²) >= 11 is 5.96. The molecule has 1 fully saturated rings. The largest absolute Gasteiger partial charge is 0.329 e. The zero-order valence-corrected chi connectivity index (χ0v) is 9.32. The van der Waals surface area contributed by atoms with E-state index in [1.54, 1.807) is 12.4 Å². The van der Waals surface area contributed by atoms with Crippen molar-refractivity contribution in [3.8, 4) is 0 Å². The molecule has 5 heteroatoms. The summed E-state index contributed by atoms with van der Waals surface area (Å²) in [6, 6.07) is 0.475. The van der Waals surface area contributed by atoms with Crippen molar-refractivity contribution in [1.82, 2.24) is 14.9 Å². The van der Waals surface area contributed by atoms with Gasteiger partial charge in [0.2, 0.25) is 0 Å². The fraction of sp³-hybridized carbons (Fsp3) is 0.600. The Kier molecular flexibility index (Phi) is 3.51. The van der Waals surface area contributed by atoms with Crippen molar-refractivity contribution in [3.05, 3.63) is 23.2 Å². The molecule has 0 amide bonds. The predicted octanol–water partition coefficient (Wildman–Crippen LogP) is 1.05. The molecule has 1 aliphatic heterocycles. The van der Waals surface area contributed by atoms with Gasteiger partial charge in [0.15, 0.2) is 5.15 Å². The lowest BCUT2D eigenvalue weighted by Gasteiger charge is -2.22. The lowest BCUT2D eigenvalue weighted by molar-refractivity contribution is 0.247. The Bertz CT molecular complexity index is 331. The van der Waals surface area contributed by atoms with Gasteiger partial charge in [-0.1, -0.05) is 11.6 Å². The molecular weight excluding hydrogens is 212 g/mol. The monoisotopic (exact) mass is 226 g/mol. The van der Waals surface area contributed by atoms with Crippen LogP contribution < -0.4 is 5.73 Å². The molecule has 82 valence electrons. The molecule has 1 aromatic heterocycles. The Morgan fingerprint density at radius 3 is 3.00 bits per heavy atom. The summed E-state index contributed by atoms with van der Waals surface area (Å²) in [5.41, 5.74) is 6.55. The second-order valence-corrected chi connectivity index (χ2v) is 4.15. The van der Waals surface area contributed by atoms with Gasteiger partial charge in [-0.3, -0.25) is 9.88 Å². The first-order chi connectivity index (χ1) is 7.31. The van der Waals surface area contributed by atoms with E-state index >= 15 is 0 Å². The van der Waals surface area contributed by atoms with E-state index in [1.807, 2.05) is 0 Å². The summed E-state index contributed by atoms with van der Waals surface area (Å²) in [5, 5.41) is 0.500. The van der Waals surface area contributed by atoms with Crippen LogP contribution in [-0.2, 0) is 6.54 Å². The van der Waals surface area contributed by atoms with Gasteiger partial charge in [0, 0.05) is 31.5 Å². The fourth-order valence-electron chi connectivity index (χ4n) is 2.02. The van der Waals surface area contributed by atoms with Crippen molar-refractivity contribution in [2.45, 2.75) is 25.4 Å². The minimum Gasteiger partial charge on any atom is -0.329 e. The van der Waals surface area contributed by atoms with E-state index in [4.69, 9.17) is 17.3 Å². The molecule has 1 atom stereocenters. The number of likely N-dealkylation sites (tertiary alicyclic amines) is 1. The van der Waals surface area contributed by atoms with Gasteiger partial charge in [-0.2, -0.15) is 0 Å².